The zero-order valence-corrected chi connectivity index (χ0v) is 16.9. The molecule has 1 aliphatic heterocycles. The van der Waals surface area contributed by atoms with Crippen molar-refractivity contribution in [3.63, 3.8) is 0 Å². The SMILES string of the molecule is C=CCN1C(=O)NC(C)C(Cc2nnc(SCC(=O)Nc3cccc(F)c3)o2)C1=O. The van der Waals surface area contributed by atoms with Gasteiger partial charge in [-0.05, 0) is 25.1 Å². The van der Waals surface area contributed by atoms with Gasteiger partial charge in [0.15, 0.2) is 0 Å². The van der Waals surface area contributed by atoms with Gasteiger partial charge in [0, 0.05) is 24.7 Å². The quantitative estimate of drug-likeness (QED) is 0.484. The normalized spacial score (nSPS) is 18.8. The molecular weight excluding hydrogens is 413 g/mol. The number of urea groups is 1. The smallest absolute Gasteiger partial charge is 0.324 e. The van der Waals surface area contributed by atoms with Gasteiger partial charge in [0.25, 0.3) is 5.22 Å². The van der Waals surface area contributed by atoms with E-state index in [1.165, 1.54) is 24.3 Å². The number of amides is 4. The number of aromatic nitrogens is 2. The Morgan fingerprint density at radius 1 is 1.43 bits per heavy atom. The summed E-state index contributed by atoms with van der Waals surface area (Å²) in [7, 11) is 0. The zero-order valence-electron chi connectivity index (χ0n) is 16.1. The summed E-state index contributed by atoms with van der Waals surface area (Å²) < 4.78 is 18.7. The van der Waals surface area contributed by atoms with Crippen LogP contribution in [-0.4, -0.2) is 51.3 Å². The van der Waals surface area contributed by atoms with Gasteiger partial charge >= 0.3 is 6.03 Å². The predicted molar refractivity (Wildman–Crippen MR) is 107 cm³/mol. The first-order valence-electron chi connectivity index (χ1n) is 9.10. The molecule has 2 N–H and O–H groups in total. The predicted octanol–water partition coefficient (Wildman–Crippen LogP) is 2.22. The van der Waals surface area contributed by atoms with Crippen LogP contribution >= 0.6 is 11.8 Å². The van der Waals surface area contributed by atoms with E-state index < -0.39 is 23.8 Å². The molecule has 1 aromatic heterocycles. The minimum atomic E-state index is -0.558. The number of carbonyl (C=O) groups excluding carboxylic acids is 3. The molecular formula is C19H20FN5O4S. The van der Waals surface area contributed by atoms with E-state index in [2.05, 4.69) is 27.4 Å². The molecule has 2 unspecified atom stereocenters. The van der Waals surface area contributed by atoms with Crippen molar-refractivity contribution in [3.8, 4) is 0 Å². The third-order valence-electron chi connectivity index (χ3n) is 4.37. The molecule has 0 aliphatic carbocycles. The summed E-state index contributed by atoms with van der Waals surface area (Å²) in [6.45, 7) is 5.39. The number of benzene rings is 1. The van der Waals surface area contributed by atoms with Gasteiger partial charge in [-0.25, -0.2) is 9.18 Å². The molecule has 9 nitrogen and oxygen atoms in total. The van der Waals surface area contributed by atoms with Crippen molar-refractivity contribution in [2.75, 3.05) is 17.6 Å². The highest BCUT2D eigenvalue weighted by Crippen LogP contribution is 2.22. The van der Waals surface area contributed by atoms with Crippen LogP contribution in [0.1, 0.15) is 12.8 Å². The third-order valence-corrected chi connectivity index (χ3v) is 5.19. The van der Waals surface area contributed by atoms with Gasteiger partial charge in [-0.2, -0.15) is 0 Å². The molecule has 0 radical (unpaired) electrons. The van der Waals surface area contributed by atoms with Crippen LogP contribution < -0.4 is 10.6 Å². The molecule has 3 rings (SSSR count). The number of halogens is 1. The monoisotopic (exact) mass is 433 g/mol. The van der Waals surface area contributed by atoms with E-state index in [1.54, 1.807) is 13.0 Å². The summed E-state index contributed by atoms with van der Waals surface area (Å²) in [6, 6.07) is 4.71. The van der Waals surface area contributed by atoms with Crippen molar-refractivity contribution in [3.05, 3.63) is 48.6 Å². The second kappa shape index (κ2) is 9.53. The third kappa shape index (κ3) is 5.23. The summed E-state index contributed by atoms with van der Waals surface area (Å²) in [6.07, 6.45) is 1.62. The molecule has 1 aromatic carbocycles. The van der Waals surface area contributed by atoms with Crippen LogP contribution in [0.3, 0.4) is 0 Å². The van der Waals surface area contributed by atoms with Gasteiger partial charge in [0.1, 0.15) is 5.82 Å². The molecule has 0 saturated carbocycles. The average molecular weight is 433 g/mol. The Labute approximate surface area is 176 Å². The lowest BCUT2D eigenvalue weighted by Crippen LogP contribution is -2.59. The van der Waals surface area contributed by atoms with Crippen LogP contribution in [-0.2, 0) is 16.0 Å². The molecule has 158 valence electrons. The van der Waals surface area contributed by atoms with Gasteiger partial charge in [-0.15, -0.1) is 16.8 Å². The summed E-state index contributed by atoms with van der Waals surface area (Å²) in [5, 5.41) is 13.3. The minimum Gasteiger partial charge on any atom is -0.416 e. The Balaban J connectivity index is 1.55. The highest BCUT2D eigenvalue weighted by Gasteiger charge is 2.39. The first-order valence-corrected chi connectivity index (χ1v) is 10.1. The van der Waals surface area contributed by atoms with Crippen molar-refractivity contribution in [2.24, 2.45) is 5.92 Å². The largest absolute Gasteiger partial charge is 0.416 e. The van der Waals surface area contributed by atoms with Gasteiger partial charge in [-0.1, -0.05) is 23.9 Å². The van der Waals surface area contributed by atoms with Crippen molar-refractivity contribution < 1.29 is 23.2 Å². The second-order valence-corrected chi connectivity index (χ2v) is 7.52. The van der Waals surface area contributed by atoms with Gasteiger partial charge in [0.2, 0.25) is 17.7 Å². The number of rotatable bonds is 8. The van der Waals surface area contributed by atoms with Crippen LogP contribution in [0.25, 0.3) is 0 Å². The number of imide groups is 1. The summed E-state index contributed by atoms with van der Waals surface area (Å²) in [5.74, 6) is -1.49. The molecule has 11 heteroatoms. The van der Waals surface area contributed by atoms with E-state index in [0.29, 0.717) is 5.69 Å². The van der Waals surface area contributed by atoms with Crippen molar-refractivity contribution in [2.45, 2.75) is 24.6 Å². The van der Waals surface area contributed by atoms with E-state index in [1.807, 2.05) is 0 Å². The van der Waals surface area contributed by atoms with Gasteiger partial charge in [-0.3, -0.25) is 14.5 Å². The fourth-order valence-electron chi connectivity index (χ4n) is 2.91. The van der Waals surface area contributed by atoms with E-state index in [-0.39, 0.29) is 41.6 Å². The molecule has 0 spiro atoms. The maximum Gasteiger partial charge on any atom is 0.324 e. The van der Waals surface area contributed by atoms with Crippen molar-refractivity contribution >= 4 is 35.3 Å². The summed E-state index contributed by atoms with van der Waals surface area (Å²) in [5.41, 5.74) is 0.350. The topological polar surface area (TPSA) is 117 Å². The molecule has 0 bridgehead atoms. The maximum absolute atomic E-state index is 13.2. The second-order valence-electron chi connectivity index (χ2n) is 6.60. The fraction of sp³-hybridized carbons (Fsp3) is 0.316. The standard InChI is InChI=1S/C19H20FN5O4S/c1-3-7-25-17(27)14(11(2)21-18(25)28)9-16-23-24-19(29-16)30-10-15(26)22-13-6-4-5-12(20)8-13/h3-6,8,11,14H,1,7,9-10H2,2H3,(H,21,28)(H,22,26). The van der Waals surface area contributed by atoms with E-state index in [0.717, 1.165) is 16.7 Å². The van der Waals surface area contributed by atoms with Crippen molar-refractivity contribution in [1.29, 1.82) is 0 Å². The molecule has 4 amide bonds. The summed E-state index contributed by atoms with van der Waals surface area (Å²) in [4.78, 5) is 37.6. The molecule has 2 atom stereocenters. The maximum atomic E-state index is 13.2. The number of thioether (sulfide) groups is 1. The van der Waals surface area contributed by atoms with Crippen LogP contribution in [0.15, 0.2) is 46.6 Å². The molecule has 2 heterocycles. The lowest BCUT2D eigenvalue weighted by atomic mass is 9.93. The number of carbonyl (C=O) groups is 3. The van der Waals surface area contributed by atoms with Gasteiger partial charge in [0.05, 0.1) is 11.7 Å². The zero-order chi connectivity index (χ0) is 21.7. The van der Waals surface area contributed by atoms with Crippen LogP contribution in [0.5, 0.6) is 0 Å². The average Bonchev–Trinajstić information content (AvgIpc) is 3.14. The van der Waals surface area contributed by atoms with E-state index in [9.17, 15) is 18.8 Å². The van der Waals surface area contributed by atoms with E-state index >= 15 is 0 Å². The fourth-order valence-corrected chi connectivity index (χ4v) is 3.49. The first-order chi connectivity index (χ1) is 14.4. The molecule has 30 heavy (non-hydrogen) atoms. The Morgan fingerprint density at radius 2 is 2.23 bits per heavy atom. The Kier molecular flexibility index (Phi) is 6.83. The molecule has 2 aromatic rings. The highest BCUT2D eigenvalue weighted by molar-refractivity contribution is 7.99. The summed E-state index contributed by atoms with van der Waals surface area (Å²) >= 11 is 1.02. The minimum absolute atomic E-state index is 0.0138. The number of anilines is 1. The molecule has 1 saturated heterocycles. The Bertz CT molecular complexity index is 966. The number of hydrogen-bond donors (Lipinski definition) is 2. The molecule has 1 aliphatic rings. The lowest BCUT2D eigenvalue weighted by Gasteiger charge is -2.34. The van der Waals surface area contributed by atoms with Crippen molar-refractivity contribution in [1.82, 2.24) is 20.4 Å². The van der Waals surface area contributed by atoms with Crippen LogP contribution in [0.4, 0.5) is 14.9 Å². The van der Waals surface area contributed by atoms with Crippen LogP contribution in [0.2, 0.25) is 0 Å². The lowest BCUT2D eigenvalue weighted by molar-refractivity contribution is -0.134. The number of nitrogens with one attached hydrogen (secondary N) is 2. The highest BCUT2D eigenvalue weighted by atomic mass is 32.2. The number of hydrogen-bond acceptors (Lipinski definition) is 7. The van der Waals surface area contributed by atoms with Gasteiger partial charge < -0.3 is 15.1 Å². The van der Waals surface area contributed by atoms with Crippen LogP contribution in [0, 0.1) is 11.7 Å². The van der Waals surface area contributed by atoms with E-state index in [4.69, 9.17) is 4.42 Å². The Morgan fingerprint density at radius 3 is 2.97 bits per heavy atom. The first kappa shape index (κ1) is 21.5. The number of nitrogens with zero attached hydrogens (tertiary/aromatic N) is 3. The Hall–Kier alpha value is -3.21. The molecule has 1 fully saturated rings.